The van der Waals surface area contributed by atoms with Gasteiger partial charge in [0, 0.05) is 38.8 Å². The zero-order valence-corrected chi connectivity index (χ0v) is 9.02. The molecule has 1 saturated heterocycles. The minimum absolute atomic E-state index is 0.457. The van der Waals surface area contributed by atoms with E-state index in [1.807, 2.05) is 4.90 Å². The maximum atomic E-state index is 11.2. The minimum atomic E-state index is -0.773. The molecule has 1 aliphatic rings. The van der Waals surface area contributed by atoms with Gasteiger partial charge >= 0.3 is 5.97 Å². The number of aromatic nitrogens is 2. The molecule has 1 atom stereocenters. The maximum absolute atomic E-state index is 11.2. The van der Waals surface area contributed by atoms with Crippen LogP contribution in [0, 0.1) is 0 Å². The van der Waals surface area contributed by atoms with Crippen molar-refractivity contribution in [3.8, 4) is 0 Å². The molecule has 0 bridgehead atoms. The third-order valence-electron chi connectivity index (χ3n) is 2.83. The second-order valence-electron chi connectivity index (χ2n) is 3.90. The molecule has 1 aromatic rings. The van der Waals surface area contributed by atoms with Crippen LogP contribution in [0.25, 0.3) is 0 Å². The topological polar surface area (TPSA) is 81.2 Å². The van der Waals surface area contributed by atoms with Crippen molar-refractivity contribution in [1.82, 2.24) is 20.2 Å². The van der Waals surface area contributed by atoms with Crippen molar-refractivity contribution >= 4 is 5.97 Å². The molecule has 6 heteroatoms. The van der Waals surface area contributed by atoms with Crippen LogP contribution in [0.1, 0.15) is 5.69 Å². The van der Waals surface area contributed by atoms with Crippen molar-refractivity contribution in [2.45, 2.75) is 12.5 Å². The lowest BCUT2D eigenvalue weighted by molar-refractivity contribution is -0.143. The Labute approximate surface area is 93.7 Å². The van der Waals surface area contributed by atoms with E-state index in [0.717, 1.165) is 31.9 Å². The highest BCUT2D eigenvalue weighted by Gasteiger charge is 2.27. The number of H-pyrrole nitrogens is 1. The van der Waals surface area contributed by atoms with Gasteiger partial charge in [-0.1, -0.05) is 0 Å². The molecule has 0 radical (unpaired) electrons. The van der Waals surface area contributed by atoms with E-state index in [1.165, 1.54) is 0 Å². The first kappa shape index (κ1) is 11.1. The largest absolute Gasteiger partial charge is 0.480 e. The van der Waals surface area contributed by atoms with Crippen LogP contribution in [0.3, 0.4) is 0 Å². The zero-order chi connectivity index (χ0) is 11.4. The van der Waals surface area contributed by atoms with Gasteiger partial charge in [0.05, 0.1) is 12.0 Å². The lowest BCUT2D eigenvalue weighted by atomic mass is 10.1. The number of carboxylic acids is 1. The van der Waals surface area contributed by atoms with Crippen LogP contribution in [0.4, 0.5) is 0 Å². The van der Waals surface area contributed by atoms with Gasteiger partial charge in [0.15, 0.2) is 0 Å². The highest BCUT2D eigenvalue weighted by atomic mass is 16.4. The zero-order valence-electron chi connectivity index (χ0n) is 9.02. The summed E-state index contributed by atoms with van der Waals surface area (Å²) in [6.07, 6.45) is 3.78. The van der Waals surface area contributed by atoms with Crippen molar-refractivity contribution < 1.29 is 9.90 Å². The van der Waals surface area contributed by atoms with Gasteiger partial charge in [-0.05, 0) is 0 Å². The molecular weight excluding hydrogens is 208 g/mol. The molecule has 88 valence electrons. The molecule has 0 unspecified atom stereocenters. The van der Waals surface area contributed by atoms with Crippen molar-refractivity contribution in [1.29, 1.82) is 0 Å². The molecule has 0 saturated carbocycles. The molecule has 0 amide bonds. The molecule has 0 spiro atoms. The third-order valence-corrected chi connectivity index (χ3v) is 2.83. The minimum Gasteiger partial charge on any atom is -0.480 e. The molecule has 16 heavy (non-hydrogen) atoms. The highest BCUT2D eigenvalue weighted by Crippen LogP contribution is 2.08. The predicted molar refractivity (Wildman–Crippen MR) is 58.2 cm³/mol. The van der Waals surface area contributed by atoms with E-state index >= 15 is 0 Å². The fourth-order valence-electron chi connectivity index (χ4n) is 1.97. The molecule has 1 fully saturated rings. The molecule has 0 aliphatic carbocycles. The molecular formula is C10H16N4O2. The number of hydrogen-bond acceptors (Lipinski definition) is 4. The Hall–Kier alpha value is -1.40. The summed E-state index contributed by atoms with van der Waals surface area (Å²) in [5, 5.41) is 12.4. The summed E-state index contributed by atoms with van der Waals surface area (Å²) in [5.41, 5.74) is 0.797. The van der Waals surface area contributed by atoms with Gasteiger partial charge in [0.1, 0.15) is 6.04 Å². The van der Waals surface area contributed by atoms with Crippen molar-refractivity contribution in [2.24, 2.45) is 0 Å². The van der Waals surface area contributed by atoms with Gasteiger partial charge in [-0.2, -0.15) is 0 Å². The van der Waals surface area contributed by atoms with E-state index in [1.54, 1.807) is 12.5 Å². The number of aromatic amines is 1. The predicted octanol–water partition coefficient (Wildman–Crippen LogP) is -0.689. The number of rotatable bonds is 4. The van der Waals surface area contributed by atoms with Gasteiger partial charge < -0.3 is 15.4 Å². The quantitative estimate of drug-likeness (QED) is 0.631. The monoisotopic (exact) mass is 224 g/mol. The summed E-state index contributed by atoms with van der Waals surface area (Å²) in [5.74, 6) is -0.773. The summed E-state index contributed by atoms with van der Waals surface area (Å²) < 4.78 is 0. The smallest absolute Gasteiger partial charge is 0.321 e. The molecule has 1 aliphatic heterocycles. The Kier molecular flexibility index (Phi) is 3.53. The first-order chi connectivity index (χ1) is 7.77. The van der Waals surface area contributed by atoms with Crippen LogP contribution in [0.5, 0.6) is 0 Å². The third kappa shape index (κ3) is 2.59. The molecule has 6 nitrogen and oxygen atoms in total. The van der Waals surface area contributed by atoms with Crippen LogP contribution in [0.2, 0.25) is 0 Å². The Morgan fingerprint density at radius 1 is 1.56 bits per heavy atom. The fourth-order valence-corrected chi connectivity index (χ4v) is 1.97. The molecule has 3 N–H and O–H groups in total. The van der Waals surface area contributed by atoms with Gasteiger partial charge in [0.25, 0.3) is 0 Å². The average molecular weight is 224 g/mol. The van der Waals surface area contributed by atoms with Crippen LogP contribution >= 0.6 is 0 Å². The maximum Gasteiger partial charge on any atom is 0.321 e. The number of hydrogen-bond donors (Lipinski definition) is 3. The van der Waals surface area contributed by atoms with Crippen LogP contribution in [-0.4, -0.2) is 58.2 Å². The summed E-state index contributed by atoms with van der Waals surface area (Å²) in [7, 11) is 0. The van der Waals surface area contributed by atoms with Crippen molar-refractivity contribution in [3.63, 3.8) is 0 Å². The van der Waals surface area contributed by atoms with Gasteiger partial charge in [0.2, 0.25) is 0 Å². The van der Waals surface area contributed by atoms with E-state index in [0.29, 0.717) is 6.42 Å². The summed E-state index contributed by atoms with van der Waals surface area (Å²) >= 11 is 0. The Bertz CT molecular complexity index is 333. The number of carbonyl (C=O) groups is 1. The normalized spacial score (nSPS) is 19.5. The van der Waals surface area contributed by atoms with Crippen LogP contribution < -0.4 is 5.32 Å². The summed E-state index contributed by atoms with van der Waals surface area (Å²) in [6.45, 7) is 3.26. The van der Waals surface area contributed by atoms with Crippen LogP contribution in [-0.2, 0) is 11.2 Å². The van der Waals surface area contributed by atoms with E-state index in [2.05, 4.69) is 15.3 Å². The van der Waals surface area contributed by atoms with E-state index < -0.39 is 12.0 Å². The number of imidazole rings is 1. The van der Waals surface area contributed by atoms with Gasteiger partial charge in [-0.25, -0.2) is 4.98 Å². The number of piperazine rings is 1. The first-order valence-electron chi connectivity index (χ1n) is 5.42. The standard InChI is InChI=1S/C10H16N4O2/c15-10(16)9(5-8-6-12-7-13-8)14-3-1-11-2-4-14/h6-7,9,11H,1-5H2,(H,12,13)(H,15,16)/t9-/m0/s1. The Balaban J connectivity index is 2.01. The second kappa shape index (κ2) is 5.09. The van der Waals surface area contributed by atoms with E-state index in [9.17, 15) is 9.90 Å². The number of carboxylic acid groups (broad SMARTS) is 1. The molecule has 0 aromatic carbocycles. The van der Waals surface area contributed by atoms with Gasteiger partial charge in [-0.15, -0.1) is 0 Å². The number of nitrogens with zero attached hydrogens (tertiary/aromatic N) is 2. The fraction of sp³-hybridized carbons (Fsp3) is 0.600. The molecule has 1 aromatic heterocycles. The molecule has 2 rings (SSSR count). The van der Waals surface area contributed by atoms with Crippen molar-refractivity contribution in [2.75, 3.05) is 26.2 Å². The van der Waals surface area contributed by atoms with Crippen molar-refractivity contribution in [3.05, 3.63) is 18.2 Å². The lowest BCUT2D eigenvalue weighted by Crippen LogP contribution is -2.52. The summed E-state index contributed by atoms with van der Waals surface area (Å²) in [4.78, 5) is 20.1. The average Bonchev–Trinajstić information content (AvgIpc) is 2.79. The van der Waals surface area contributed by atoms with E-state index in [4.69, 9.17) is 0 Å². The SMILES string of the molecule is O=C(O)[C@H](Cc1c[nH]cn1)N1CCNCC1. The number of nitrogens with one attached hydrogen (secondary N) is 2. The summed E-state index contributed by atoms with van der Waals surface area (Å²) in [6, 6.07) is -0.467. The second-order valence-corrected chi connectivity index (χ2v) is 3.90. The Morgan fingerprint density at radius 2 is 2.31 bits per heavy atom. The van der Waals surface area contributed by atoms with Gasteiger partial charge in [-0.3, -0.25) is 9.69 Å². The van der Waals surface area contributed by atoms with Crippen LogP contribution in [0.15, 0.2) is 12.5 Å². The molecule has 2 heterocycles. The lowest BCUT2D eigenvalue weighted by Gasteiger charge is -2.32. The highest BCUT2D eigenvalue weighted by molar-refractivity contribution is 5.73. The first-order valence-corrected chi connectivity index (χ1v) is 5.42. The Morgan fingerprint density at radius 3 is 2.88 bits per heavy atom. The number of aliphatic carboxylic acids is 1. The van der Waals surface area contributed by atoms with E-state index in [-0.39, 0.29) is 0 Å².